The lowest BCUT2D eigenvalue weighted by atomic mass is 10.2. The van der Waals surface area contributed by atoms with E-state index in [1.54, 1.807) is 19.1 Å². The maximum Gasteiger partial charge on any atom is 0.242 e. The Bertz CT molecular complexity index is 441. The molecule has 0 radical (unpaired) electrons. The van der Waals surface area contributed by atoms with Gasteiger partial charge < -0.3 is 9.47 Å². The highest BCUT2D eigenvalue weighted by atomic mass is 32.2. The molecule has 0 saturated carbocycles. The number of methoxy groups -OCH3 is 1. The molecule has 0 bridgehead atoms. The Balaban J connectivity index is 3.21. The van der Waals surface area contributed by atoms with Crippen LogP contribution in [0.2, 0.25) is 0 Å². The number of ether oxygens (including phenoxy) is 2. The molecule has 0 fully saturated rings. The first-order valence-electron chi connectivity index (χ1n) is 4.21. The van der Waals surface area contributed by atoms with E-state index < -0.39 is 10.0 Å². The molecule has 84 valence electrons. The summed E-state index contributed by atoms with van der Waals surface area (Å²) in [6.45, 7) is 1.63. The Morgan fingerprint density at radius 3 is 2.60 bits per heavy atom. The van der Waals surface area contributed by atoms with Gasteiger partial charge in [-0.05, 0) is 18.6 Å². The highest BCUT2D eigenvalue weighted by molar-refractivity contribution is 7.89. The van der Waals surface area contributed by atoms with Crippen LogP contribution in [0.15, 0.2) is 23.1 Å². The Hall–Kier alpha value is -1.11. The fourth-order valence-electron chi connectivity index (χ4n) is 1.23. The van der Waals surface area contributed by atoms with Gasteiger partial charge >= 0.3 is 0 Å². The quantitative estimate of drug-likeness (QED) is 0.771. The topological polar surface area (TPSA) is 78.6 Å². The molecule has 1 aromatic carbocycles. The third kappa shape index (κ3) is 2.92. The van der Waals surface area contributed by atoms with Gasteiger partial charge in [-0.1, -0.05) is 12.1 Å². The van der Waals surface area contributed by atoms with E-state index in [1.807, 2.05) is 0 Å². The summed E-state index contributed by atoms with van der Waals surface area (Å²) in [5.74, 6) is 0.208. The first-order valence-corrected chi connectivity index (χ1v) is 5.75. The smallest absolute Gasteiger partial charge is 0.242 e. The van der Waals surface area contributed by atoms with Crippen molar-refractivity contribution >= 4 is 10.0 Å². The van der Waals surface area contributed by atoms with Crippen LogP contribution in [0.4, 0.5) is 0 Å². The van der Waals surface area contributed by atoms with Gasteiger partial charge in [0.05, 0.1) is 0 Å². The monoisotopic (exact) mass is 231 g/mol. The normalized spacial score (nSPS) is 11.4. The fourth-order valence-corrected chi connectivity index (χ4v) is 2.15. The van der Waals surface area contributed by atoms with Crippen LogP contribution in [0.3, 0.4) is 0 Å². The maximum atomic E-state index is 11.3. The van der Waals surface area contributed by atoms with Crippen LogP contribution in [0, 0.1) is 6.92 Å². The SMILES string of the molecule is COCOc1cccc(C)c1S(N)(=O)=O. The van der Waals surface area contributed by atoms with Crippen LogP contribution >= 0.6 is 0 Å². The minimum absolute atomic E-state index is 0.00190. The van der Waals surface area contributed by atoms with Crippen molar-refractivity contribution < 1.29 is 17.9 Å². The van der Waals surface area contributed by atoms with Crippen LogP contribution in [0.1, 0.15) is 5.56 Å². The Kier molecular flexibility index (Phi) is 3.67. The number of benzene rings is 1. The molecular formula is C9H13NO4S. The van der Waals surface area contributed by atoms with Crippen LogP contribution in [-0.4, -0.2) is 22.3 Å². The van der Waals surface area contributed by atoms with E-state index >= 15 is 0 Å². The molecule has 0 aliphatic heterocycles. The summed E-state index contributed by atoms with van der Waals surface area (Å²) in [4.78, 5) is 0.00190. The van der Waals surface area contributed by atoms with E-state index in [2.05, 4.69) is 0 Å². The highest BCUT2D eigenvalue weighted by Crippen LogP contribution is 2.25. The molecular weight excluding hydrogens is 218 g/mol. The molecule has 15 heavy (non-hydrogen) atoms. The molecule has 0 atom stereocenters. The summed E-state index contributed by atoms with van der Waals surface area (Å²) in [6, 6.07) is 4.88. The molecule has 1 rings (SSSR count). The highest BCUT2D eigenvalue weighted by Gasteiger charge is 2.17. The number of sulfonamides is 1. The second-order valence-electron chi connectivity index (χ2n) is 3.00. The zero-order valence-electron chi connectivity index (χ0n) is 8.56. The molecule has 0 unspecified atom stereocenters. The Labute approximate surface area is 88.9 Å². The van der Waals surface area contributed by atoms with E-state index in [4.69, 9.17) is 14.6 Å². The Morgan fingerprint density at radius 2 is 2.07 bits per heavy atom. The molecule has 0 saturated heterocycles. The standard InChI is InChI=1S/C9H13NO4S/c1-7-4-3-5-8(14-6-13-2)9(7)15(10,11)12/h3-5H,6H2,1-2H3,(H2,10,11,12). The number of hydrogen-bond donors (Lipinski definition) is 1. The zero-order valence-corrected chi connectivity index (χ0v) is 9.37. The number of primary sulfonamides is 1. The molecule has 6 heteroatoms. The van der Waals surface area contributed by atoms with Crippen molar-refractivity contribution in [1.29, 1.82) is 0 Å². The van der Waals surface area contributed by atoms with E-state index in [0.717, 1.165) is 0 Å². The number of nitrogens with two attached hydrogens (primary N) is 1. The van der Waals surface area contributed by atoms with Crippen molar-refractivity contribution in [2.45, 2.75) is 11.8 Å². The molecule has 0 aromatic heterocycles. The third-order valence-corrected chi connectivity index (χ3v) is 2.88. The van der Waals surface area contributed by atoms with E-state index in [1.165, 1.54) is 13.2 Å². The number of aryl methyl sites for hydroxylation is 1. The Morgan fingerprint density at radius 1 is 1.40 bits per heavy atom. The largest absolute Gasteiger partial charge is 0.466 e. The molecule has 0 aliphatic rings. The van der Waals surface area contributed by atoms with Gasteiger partial charge in [0.25, 0.3) is 0 Å². The predicted octanol–water partition coefficient (Wildman–Crippen LogP) is 0.625. The van der Waals surface area contributed by atoms with Crippen molar-refractivity contribution in [2.24, 2.45) is 5.14 Å². The van der Waals surface area contributed by atoms with E-state index in [-0.39, 0.29) is 17.4 Å². The predicted molar refractivity (Wildman–Crippen MR) is 55.1 cm³/mol. The van der Waals surface area contributed by atoms with Gasteiger partial charge in [0.2, 0.25) is 10.0 Å². The molecule has 0 amide bonds. The van der Waals surface area contributed by atoms with Gasteiger partial charge in [-0.15, -0.1) is 0 Å². The van der Waals surface area contributed by atoms with Crippen LogP contribution in [0.25, 0.3) is 0 Å². The summed E-state index contributed by atoms with van der Waals surface area (Å²) >= 11 is 0. The molecule has 0 aliphatic carbocycles. The van der Waals surface area contributed by atoms with Gasteiger partial charge in [-0.25, -0.2) is 13.6 Å². The summed E-state index contributed by atoms with van der Waals surface area (Å²) < 4.78 is 32.4. The van der Waals surface area contributed by atoms with Gasteiger partial charge in [-0.2, -0.15) is 0 Å². The number of rotatable bonds is 4. The minimum atomic E-state index is -3.78. The van der Waals surface area contributed by atoms with Crippen LogP contribution in [-0.2, 0) is 14.8 Å². The summed E-state index contributed by atoms with van der Waals surface area (Å²) in [6.07, 6.45) is 0. The lowest BCUT2D eigenvalue weighted by Crippen LogP contribution is -2.16. The minimum Gasteiger partial charge on any atom is -0.466 e. The summed E-state index contributed by atoms with van der Waals surface area (Å²) in [5, 5.41) is 5.08. The lowest BCUT2D eigenvalue weighted by Gasteiger charge is -2.11. The maximum absolute atomic E-state index is 11.3. The van der Waals surface area contributed by atoms with Crippen molar-refractivity contribution in [3.05, 3.63) is 23.8 Å². The van der Waals surface area contributed by atoms with Crippen LogP contribution < -0.4 is 9.88 Å². The zero-order chi connectivity index (χ0) is 11.5. The molecule has 0 spiro atoms. The molecule has 5 nitrogen and oxygen atoms in total. The fraction of sp³-hybridized carbons (Fsp3) is 0.333. The second kappa shape index (κ2) is 4.61. The van der Waals surface area contributed by atoms with E-state index in [0.29, 0.717) is 5.56 Å². The average Bonchev–Trinajstić information content (AvgIpc) is 2.12. The molecule has 2 N–H and O–H groups in total. The van der Waals surface area contributed by atoms with Crippen LogP contribution in [0.5, 0.6) is 5.75 Å². The van der Waals surface area contributed by atoms with Crippen molar-refractivity contribution in [3.8, 4) is 5.75 Å². The third-order valence-electron chi connectivity index (χ3n) is 1.79. The van der Waals surface area contributed by atoms with Gasteiger partial charge in [0.1, 0.15) is 10.6 Å². The van der Waals surface area contributed by atoms with Gasteiger partial charge in [0.15, 0.2) is 6.79 Å². The lowest BCUT2D eigenvalue weighted by molar-refractivity contribution is 0.0489. The summed E-state index contributed by atoms with van der Waals surface area (Å²) in [5.41, 5.74) is 0.547. The first kappa shape index (κ1) is 12.0. The summed E-state index contributed by atoms with van der Waals surface area (Å²) in [7, 11) is -2.32. The van der Waals surface area contributed by atoms with Gasteiger partial charge in [-0.3, -0.25) is 0 Å². The average molecular weight is 231 g/mol. The van der Waals surface area contributed by atoms with Crippen molar-refractivity contribution in [2.75, 3.05) is 13.9 Å². The van der Waals surface area contributed by atoms with Gasteiger partial charge in [0, 0.05) is 7.11 Å². The molecule has 0 heterocycles. The first-order chi connectivity index (χ1) is 6.96. The molecule has 1 aromatic rings. The van der Waals surface area contributed by atoms with Crippen molar-refractivity contribution in [3.63, 3.8) is 0 Å². The second-order valence-corrected chi connectivity index (χ2v) is 4.50. The van der Waals surface area contributed by atoms with Crippen molar-refractivity contribution in [1.82, 2.24) is 0 Å². The number of hydrogen-bond acceptors (Lipinski definition) is 4. The van der Waals surface area contributed by atoms with E-state index in [9.17, 15) is 8.42 Å².